The highest BCUT2D eigenvalue weighted by Crippen LogP contribution is 2.43. The van der Waals surface area contributed by atoms with E-state index in [0.717, 1.165) is 12.1 Å². The van der Waals surface area contributed by atoms with E-state index in [1.54, 1.807) is 0 Å². The van der Waals surface area contributed by atoms with E-state index in [4.69, 9.17) is 17.3 Å². The van der Waals surface area contributed by atoms with Crippen LogP contribution in [0, 0.1) is 10.1 Å². The minimum absolute atomic E-state index is 0.440. The molecule has 0 fully saturated rings. The predicted molar refractivity (Wildman–Crippen MR) is 52.8 cm³/mol. The molecule has 3 N–H and O–H groups in total. The van der Waals surface area contributed by atoms with Gasteiger partial charge in [0.05, 0.1) is 15.5 Å². The van der Waals surface area contributed by atoms with Crippen LogP contribution in [0.15, 0.2) is 12.1 Å². The molecule has 17 heavy (non-hydrogen) atoms. The molecule has 1 rings (SSSR count). The van der Waals surface area contributed by atoms with Gasteiger partial charge in [-0.25, -0.2) is 0 Å². The number of rotatable bonds is 2. The van der Waals surface area contributed by atoms with Crippen molar-refractivity contribution in [2.24, 2.45) is 5.73 Å². The summed E-state index contributed by atoms with van der Waals surface area (Å²) in [4.78, 5) is 9.47. The second-order valence-corrected chi connectivity index (χ2v) is 3.51. The van der Waals surface area contributed by atoms with Crippen LogP contribution in [0.1, 0.15) is 11.6 Å². The maximum atomic E-state index is 12.4. The molecule has 1 aromatic carbocycles. The van der Waals surface area contributed by atoms with E-state index in [9.17, 15) is 28.4 Å². The first-order valence-electron chi connectivity index (χ1n) is 4.14. The molecule has 0 aliphatic heterocycles. The van der Waals surface area contributed by atoms with Gasteiger partial charge in [0.1, 0.15) is 11.8 Å². The molecular formula is C8H6ClF3N2O3. The molecule has 0 aliphatic carbocycles. The summed E-state index contributed by atoms with van der Waals surface area (Å²) in [6.07, 6.45) is -4.92. The van der Waals surface area contributed by atoms with Crippen LogP contribution < -0.4 is 5.73 Å². The van der Waals surface area contributed by atoms with Gasteiger partial charge >= 0.3 is 6.18 Å². The summed E-state index contributed by atoms with van der Waals surface area (Å²) in [5.41, 5.74) is 2.85. The zero-order valence-electron chi connectivity index (χ0n) is 8.03. The molecule has 0 heterocycles. The normalized spacial score (nSPS) is 13.5. The van der Waals surface area contributed by atoms with Gasteiger partial charge in [-0.1, -0.05) is 11.6 Å². The molecule has 0 saturated carbocycles. The molecule has 9 heteroatoms. The molecule has 0 bridgehead atoms. The molecular weight excluding hydrogens is 265 g/mol. The number of phenols is 1. The fraction of sp³-hybridized carbons (Fsp3) is 0.250. The summed E-state index contributed by atoms with van der Waals surface area (Å²) in [5, 5.41) is 19.5. The van der Waals surface area contributed by atoms with Gasteiger partial charge in [-0.15, -0.1) is 0 Å². The van der Waals surface area contributed by atoms with Crippen molar-refractivity contribution in [3.8, 4) is 5.75 Å². The maximum absolute atomic E-state index is 12.4. The van der Waals surface area contributed by atoms with E-state index >= 15 is 0 Å². The Hall–Kier alpha value is -1.54. The topological polar surface area (TPSA) is 89.4 Å². The zero-order valence-corrected chi connectivity index (χ0v) is 8.79. The Kier molecular flexibility index (Phi) is 3.48. The second-order valence-electron chi connectivity index (χ2n) is 3.11. The van der Waals surface area contributed by atoms with Gasteiger partial charge in [-0.3, -0.25) is 10.1 Å². The van der Waals surface area contributed by atoms with Crippen molar-refractivity contribution in [3.63, 3.8) is 0 Å². The van der Waals surface area contributed by atoms with Gasteiger partial charge in [0, 0.05) is 6.07 Å². The van der Waals surface area contributed by atoms with Crippen LogP contribution >= 0.6 is 11.6 Å². The third-order valence-corrected chi connectivity index (χ3v) is 2.31. The van der Waals surface area contributed by atoms with E-state index in [0.29, 0.717) is 0 Å². The number of nitrogens with two attached hydrogens (primary N) is 1. The molecule has 94 valence electrons. The van der Waals surface area contributed by atoms with E-state index in [1.165, 1.54) is 0 Å². The summed E-state index contributed by atoms with van der Waals surface area (Å²) in [6.45, 7) is 0. The number of nitro benzene ring substituents is 1. The number of halogens is 4. The minimum Gasteiger partial charge on any atom is -0.506 e. The third kappa shape index (κ3) is 2.59. The molecule has 0 amide bonds. The van der Waals surface area contributed by atoms with Crippen molar-refractivity contribution in [3.05, 3.63) is 32.8 Å². The smallest absolute Gasteiger partial charge is 0.408 e. The predicted octanol–water partition coefficient (Wildman–Crippen LogP) is 2.52. The number of aromatic hydroxyl groups is 1. The van der Waals surface area contributed by atoms with Crippen LogP contribution in [0.5, 0.6) is 5.75 Å². The lowest BCUT2D eigenvalue weighted by molar-refractivity contribution is -0.386. The first kappa shape index (κ1) is 13.5. The Labute approximate surface area is 97.7 Å². The number of phenolic OH excluding ortho intramolecular Hbond substituents is 1. The standard InChI is InChI=1S/C8H6ClF3N2O3/c9-3-1-2-4(14(16)17)5(6(3)15)7(13)8(10,11)12/h1-2,7,15H,13H2/t7-/m0/s1. The van der Waals surface area contributed by atoms with Crippen molar-refractivity contribution in [1.82, 2.24) is 0 Å². The van der Waals surface area contributed by atoms with Gasteiger partial charge in [-0.05, 0) is 6.07 Å². The molecule has 0 spiro atoms. The van der Waals surface area contributed by atoms with Crippen LogP contribution in [0.4, 0.5) is 18.9 Å². The molecule has 1 atom stereocenters. The highest BCUT2D eigenvalue weighted by atomic mass is 35.5. The van der Waals surface area contributed by atoms with Crippen LogP contribution in [0.3, 0.4) is 0 Å². The highest BCUT2D eigenvalue weighted by molar-refractivity contribution is 6.32. The van der Waals surface area contributed by atoms with Gasteiger partial charge in [-0.2, -0.15) is 13.2 Å². The summed E-state index contributed by atoms with van der Waals surface area (Å²) in [7, 11) is 0. The molecule has 0 unspecified atom stereocenters. The van der Waals surface area contributed by atoms with Crippen LogP contribution in [0.25, 0.3) is 0 Å². The van der Waals surface area contributed by atoms with Crippen molar-refractivity contribution >= 4 is 17.3 Å². The van der Waals surface area contributed by atoms with Crippen LogP contribution in [0.2, 0.25) is 5.02 Å². The van der Waals surface area contributed by atoms with Crippen molar-refractivity contribution in [1.29, 1.82) is 0 Å². The molecule has 0 saturated heterocycles. The second kappa shape index (κ2) is 4.38. The number of nitrogens with zero attached hydrogens (tertiary/aromatic N) is 1. The SMILES string of the molecule is N[C@@H](c1c([N+](=O)[O-])ccc(Cl)c1O)C(F)(F)F. The number of alkyl halides is 3. The van der Waals surface area contributed by atoms with Crippen LogP contribution in [-0.2, 0) is 0 Å². The summed E-state index contributed by atoms with van der Waals surface area (Å²) in [6, 6.07) is -1.01. The molecule has 1 aromatic rings. The van der Waals surface area contributed by atoms with Gasteiger partial charge < -0.3 is 10.8 Å². The molecule has 0 aromatic heterocycles. The Bertz CT molecular complexity index is 464. The first-order chi connectivity index (χ1) is 7.66. The Morgan fingerprint density at radius 3 is 2.41 bits per heavy atom. The lowest BCUT2D eigenvalue weighted by atomic mass is 10.0. The Balaban J connectivity index is 3.49. The third-order valence-electron chi connectivity index (χ3n) is 2.01. The van der Waals surface area contributed by atoms with Gasteiger partial charge in [0.25, 0.3) is 5.69 Å². The fourth-order valence-corrected chi connectivity index (χ4v) is 1.37. The highest BCUT2D eigenvalue weighted by Gasteiger charge is 2.43. The number of nitro groups is 1. The van der Waals surface area contributed by atoms with E-state index in [1.807, 2.05) is 0 Å². The Morgan fingerprint density at radius 2 is 2.00 bits per heavy atom. The summed E-state index contributed by atoms with van der Waals surface area (Å²) in [5.74, 6) is -1.04. The number of benzene rings is 1. The van der Waals surface area contributed by atoms with Crippen molar-refractivity contribution in [2.75, 3.05) is 0 Å². The number of hydrogen-bond donors (Lipinski definition) is 2. The quantitative estimate of drug-likeness (QED) is 0.638. The summed E-state index contributed by atoms with van der Waals surface area (Å²) < 4.78 is 37.2. The van der Waals surface area contributed by atoms with Crippen molar-refractivity contribution < 1.29 is 23.2 Å². The maximum Gasteiger partial charge on any atom is 0.408 e. The first-order valence-corrected chi connectivity index (χ1v) is 4.52. The Morgan fingerprint density at radius 1 is 1.47 bits per heavy atom. The lowest BCUT2D eigenvalue weighted by Crippen LogP contribution is -2.29. The molecule has 0 aliphatic rings. The fourth-order valence-electron chi connectivity index (χ4n) is 1.20. The minimum atomic E-state index is -4.92. The largest absolute Gasteiger partial charge is 0.506 e. The average Bonchev–Trinajstić information content (AvgIpc) is 2.19. The van der Waals surface area contributed by atoms with E-state index < -0.39 is 39.2 Å². The molecule has 5 nitrogen and oxygen atoms in total. The van der Waals surface area contributed by atoms with Crippen molar-refractivity contribution in [2.45, 2.75) is 12.2 Å². The summed E-state index contributed by atoms with van der Waals surface area (Å²) >= 11 is 5.39. The van der Waals surface area contributed by atoms with Crippen LogP contribution in [-0.4, -0.2) is 16.2 Å². The monoisotopic (exact) mass is 270 g/mol. The number of hydrogen-bond acceptors (Lipinski definition) is 4. The van der Waals surface area contributed by atoms with E-state index in [2.05, 4.69) is 0 Å². The average molecular weight is 271 g/mol. The molecule has 0 radical (unpaired) electrons. The zero-order chi connectivity index (χ0) is 13.4. The lowest BCUT2D eigenvalue weighted by Gasteiger charge is -2.17. The van der Waals surface area contributed by atoms with E-state index in [-0.39, 0.29) is 0 Å². The van der Waals surface area contributed by atoms with Gasteiger partial charge in [0.2, 0.25) is 0 Å². The van der Waals surface area contributed by atoms with Gasteiger partial charge in [0.15, 0.2) is 0 Å².